The molecule has 0 aliphatic carbocycles. The van der Waals surface area contributed by atoms with Crippen LogP contribution in [-0.4, -0.2) is 22.4 Å². The number of rotatable bonds is 3. The summed E-state index contributed by atoms with van der Waals surface area (Å²) in [5, 5.41) is 21.9. The number of aliphatic hydroxyl groups is 2. The molecule has 1 saturated heterocycles. The van der Waals surface area contributed by atoms with Crippen molar-refractivity contribution in [3.8, 4) is 0 Å². The first-order valence-corrected chi connectivity index (χ1v) is 10.5. The molecule has 1 aliphatic rings. The zero-order chi connectivity index (χ0) is 19.8. The van der Waals surface area contributed by atoms with Gasteiger partial charge in [-0.2, -0.15) is 0 Å². The van der Waals surface area contributed by atoms with Crippen molar-refractivity contribution in [1.29, 1.82) is 0 Å². The monoisotopic (exact) mass is 505 g/mol. The molecule has 4 atom stereocenters. The van der Waals surface area contributed by atoms with E-state index in [4.69, 9.17) is 0 Å². The van der Waals surface area contributed by atoms with Crippen molar-refractivity contribution in [2.24, 2.45) is 0 Å². The third-order valence-electron chi connectivity index (χ3n) is 5.14. The van der Waals surface area contributed by atoms with Gasteiger partial charge in [0.2, 0.25) is 0 Å². The third-order valence-corrected chi connectivity index (χ3v) is 6.20. The summed E-state index contributed by atoms with van der Waals surface area (Å²) in [6.45, 7) is 0. The van der Waals surface area contributed by atoms with Crippen LogP contribution >= 0.6 is 31.9 Å². The fourth-order valence-corrected chi connectivity index (χ4v) is 4.37. The summed E-state index contributed by atoms with van der Waals surface area (Å²) < 4.78 is 15.4. The number of nitrogens with zero attached hydrogens (tertiary/aromatic N) is 1. The van der Waals surface area contributed by atoms with Crippen LogP contribution in [0.5, 0.6) is 0 Å². The second kappa shape index (κ2) is 7.95. The van der Waals surface area contributed by atoms with Crippen LogP contribution in [0, 0.1) is 5.82 Å². The SMILES string of the molecule is O[C@H]1[C@H](O)[C@H](c2ccc(Br)cc2)N(c2ccc(F)cc2)[C@H]1c1ccc(Br)cc1. The summed E-state index contributed by atoms with van der Waals surface area (Å²) in [4.78, 5) is 1.97. The molecule has 0 saturated carbocycles. The molecular formula is C22H18Br2FNO2. The summed E-state index contributed by atoms with van der Waals surface area (Å²) in [6.07, 6.45) is -2.00. The lowest BCUT2D eigenvalue weighted by Gasteiger charge is -2.33. The highest BCUT2D eigenvalue weighted by molar-refractivity contribution is 9.10. The van der Waals surface area contributed by atoms with E-state index < -0.39 is 24.3 Å². The molecule has 0 aromatic heterocycles. The van der Waals surface area contributed by atoms with Crippen molar-refractivity contribution in [1.82, 2.24) is 0 Å². The van der Waals surface area contributed by atoms with Gasteiger partial charge in [0.05, 0.1) is 12.1 Å². The lowest BCUT2D eigenvalue weighted by atomic mass is 9.99. The minimum absolute atomic E-state index is 0.329. The zero-order valence-corrected chi connectivity index (χ0v) is 17.9. The molecule has 3 nitrogen and oxygen atoms in total. The van der Waals surface area contributed by atoms with Gasteiger partial charge < -0.3 is 15.1 Å². The van der Waals surface area contributed by atoms with Gasteiger partial charge in [0.1, 0.15) is 18.0 Å². The van der Waals surface area contributed by atoms with E-state index in [9.17, 15) is 14.6 Å². The van der Waals surface area contributed by atoms with Crippen LogP contribution < -0.4 is 4.90 Å². The van der Waals surface area contributed by atoms with Gasteiger partial charge in [-0.3, -0.25) is 0 Å². The summed E-state index contributed by atoms with van der Waals surface area (Å²) in [7, 11) is 0. The predicted molar refractivity (Wildman–Crippen MR) is 115 cm³/mol. The Kier molecular flexibility index (Phi) is 5.56. The molecule has 0 unspecified atom stereocenters. The highest BCUT2D eigenvalue weighted by Gasteiger charge is 2.48. The summed E-state index contributed by atoms with van der Waals surface area (Å²) >= 11 is 6.87. The number of benzene rings is 3. The zero-order valence-electron chi connectivity index (χ0n) is 14.7. The van der Waals surface area contributed by atoms with Crippen molar-refractivity contribution in [2.75, 3.05) is 4.90 Å². The van der Waals surface area contributed by atoms with Gasteiger partial charge >= 0.3 is 0 Å². The molecule has 28 heavy (non-hydrogen) atoms. The average Bonchev–Trinajstić information content (AvgIpc) is 2.95. The topological polar surface area (TPSA) is 43.7 Å². The van der Waals surface area contributed by atoms with Crippen molar-refractivity contribution in [2.45, 2.75) is 24.3 Å². The van der Waals surface area contributed by atoms with Gasteiger partial charge in [-0.25, -0.2) is 4.39 Å². The maximum absolute atomic E-state index is 13.5. The molecule has 6 heteroatoms. The van der Waals surface area contributed by atoms with Crippen LogP contribution in [-0.2, 0) is 0 Å². The molecule has 1 aliphatic heterocycles. The molecule has 0 amide bonds. The Hall–Kier alpha value is -1.73. The Bertz CT molecular complexity index is 890. The van der Waals surface area contributed by atoms with Gasteiger partial charge in [-0.05, 0) is 59.7 Å². The van der Waals surface area contributed by atoms with Gasteiger partial charge in [0, 0.05) is 14.6 Å². The quantitative estimate of drug-likeness (QED) is 0.501. The summed E-state index contributed by atoms with van der Waals surface area (Å²) in [5.74, 6) is -0.329. The molecule has 0 bridgehead atoms. The van der Waals surface area contributed by atoms with Crippen LogP contribution in [0.25, 0.3) is 0 Å². The van der Waals surface area contributed by atoms with E-state index in [1.807, 2.05) is 53.4 Å². The molecular weight excluding hydrogens is 489 g/mol. The fraction of sp³-hybridized carbons (Fsp3) is 0.182. The fourth-order valence-electron chi connectivity index (χ4n) is 3.85. The first-order valence-electron chi connectivity index (χ1n) is 8.86. The standard InChI is InChI=1S/C22H18Br2FNO2/c23-15-5-1-13(2-6-15)19-21(27)22(28)20(14-3-7-16(24)8-4-14)26(19)18-11-9-17(25)10-12-18/h1-12,19-22,27-28H/t19-,20-,21+,22+/m0/s1. The molecule has 0 spiro atoms. The lowest BCUT2D eigenvalue weighted by molar-refractivity contribution is 0.0276. The van der Waals surface area contributed by atoms with Gasteiger partial charge in [0.15, 0.2) is 0 Å². The Balaban J connectivity index is 1.85. The molecule has 3 aromatic carbocycles. The molecule has 1 heterocycles. The van der Waals surface area contributed by atoms with E-state index in [0.717, 1.165) is 25.8 Å². The van der Waals surface area contributed by atoms with E-state index in [0.29, 0.717) is 0 Å². The Morgan fingerprint density at radius 1 is 0.643 bits per heavy atom. The number of hydrogen-bond acceptors (Lipinski definition) is 3. The second-order valence-electron chi connectivity index (χ2n) is 6.86. The van der Waals surface area contributed by atoms with Crippen molar-refractivity contribution < 1.29 is 14.6 Å². The minimum atomic E-state index is -1.00. The molecule has 144 valence electrons. The number of aliphatic hydroxyl groups excluding tert-OH is 2. The van der Waals surface area contributed by atoms with Crippen LogP contribution in [0.3, 0.4) is 0 Å². The predicted octanol–water partition coefficient (Wildman–Crippen LogP) is 5.38. The highest BCUT2D eigenvalue weighted by Crippen LogP contribution is 2.47. The maximum Gasteiger partial charge on any atom is 0.123 e. The van der Waals surface area contributed by atoms with Gasteiger partial charge in [-0.1, -0.05) is 56.1 Å². The van der Waals surface area contributed by atoms with Crippen molar-refractivity contribution in [3.05, 3.63) is 98.7 Å². The normalized spacial score (nSPS) is 24.5. The Morgan fingerprint density at radius 2 is 1.04 bits per heavy atom. The Morgan fingerprint density at radius 3 is 1.43 bits per heavy atom. The Labute approximate surface area is 179 Å². The lowest BCUT2D eigenvalue weighted by Crippen LogP contribution is -2.29. The van der Waals surface area contributed by atoms with E-state index in [-0.39, 0.29) is 5.82 Å². The van der Waals surface area contributed by atoms with Gasteiger partial charge in [0.25, 0.3) is 0 Å². The van der Waals surface area contributed by atoms with E-state index >= 15 is 0 Å². The summed E-state index contributed by atoms with van der Waals surface area (Å²) in [6, 6.07) is 20.5. The second-order valence-corrected chi connectivity index (χ2v) is 8.69. The van der Waals surface area contributed by atoms with E-state index in [2.05, 4.69) is 31.9 Å². The highest BCUT2D eigenvalue weighted by atomic mass is 79.9. The first kappa shape index (κ1) is 19.6. The van der Waals surface area contributed by atoms with Crippen molar-refractivity contribution >= 4 is 37.5 Å². The van der Waals surface area contributed by atoms with Gasteiger partial charge in [-0.15, -0.1) is 0 Å². The summed E-state index contributed by atoms with van der Waals surface area (Å²) in [5.41, 5.74) is 2.48. The van der Waals surface area contributed by atoms with Crippen LogP contribution in [0.15, 0.2) is 81.7 Å². The molecule has 1 fully saturated rings. The van der Waals surface area contributed by atoms with Crippen molar-refractivity contribution in [3.63, 3.8) is 0 Å². The first-order chi connectivity index (χ1) is 13.5. The maximum atomic E-state index is 13.5. The van der Waals surface area contributed by atoms with Crippen LogP contribution in [0.4, 0.5) is 10.1 Å². The van der Waals surface area contributed by atoms with E-state index in [1.54, 1.807) is 12.1 Å². The molecule has 3 aromatic rings. The smallest absolute Gasteiger partial charge is 0.123 e. The largest absolute Gasteiger partial charge is 0.388 e. The molecule has 2 N–H and O–H groups in total. The van der Waals surface area contributed by atoms with Crippen LogP contribution in [0.2, 0.25) is 0 Å². The molecule has 0 radical (unpaired) electrons. The average molecular weight is 507 g/mol. The number of halogens is 3. The number of hydrogen-bond donors (Lipinski definition) is 2. The third kappa shape index (κ3) is 3.62. The number of anilines is 1. The van der Waals surface area contributed by atoms with E-state index in [1.165, 1.54) is 12.1 Å². The minimum Gasteiger partial charge on any atom is -0.388 e. The van der Waals surface area contributed by atoms with Crippen LogP contribution in [0.1, 0.15) is 23.2 Å². The molecule has 4 rings (SSSR count).